The van der Waals surface area contributed by atoms with Crippen molar-refractivity contribution in [3.8, 4) is 0 Å². The lowest BCUT2D eigenvalue weighted by Gasteiger charge is -2.23. The molecule has 0 aliphatic heterocycles. The molecular weight excluding hydrogens is 324 g/mol. The number of anilines is 1. The molecule has 0 spiro atoms. The van der Waals surface area contributed by atoms with E-state index >= 15 is 0 Å². The summed E-state index contributed by atoms with van der Waals surface area (Å²) in [5, 5.41) is 3.50. The molecule has 0 saturated heterocycles. The van der Waals surface area contributed by atoms with Crippen molar-refractivity contribution in [2.75, 3.05) is 11.4 Å². The van der Waals surface area contributed by atoms with Gasteiger partial charge in [-0.1, -0.05) is 41.9 Å². The molecule has 0 heterocycles. The van der Waals surface area contributed by atoms with Gasteiger partial charge in [-0.05, 0) is 36.2 Å². The quantitative estimate of drug-likeness (QED) is 0.868. The molecular formula is C19H21ClN2O2. The normalized spacial score (nSPS) is 10.3. The van der Waals surface area contributed by atoms with Crippen LogP contribution in [0, 0.1) is 6.92 Å². The van der Waals surface area contributed by atoms with Gasteiger partial charge < -0.3 is 10.2 Å². The maximum absolute atomic E-state index is 12.0. The van der Waals surface area contributed by atoms with Crippen LogP contribution in [0.4, 0.5) is 5.69 Å². The molecule has 126 valence electrons. The van der Waals surface area contributed by atoms with Crippen LogP contribution in [0.2, 0.25) is 5.02 Å². The fourth-order valence-electron chi connectivity index (χ4n) is 2.47. The molecule has 0 radical (unpaired) electrons. The second-order valence-corrected chi connectivity index (χ2v) is 6.05. The number of carbonyl (C=O) groups is 2. The maximum Gasteiger partial charge on any atom is 0.223 e. The van der Waals surface area contributed by atoms with Gasteiger partial charge in [0.25, 0.3) is 0 Å². The zero-order valence-corrected chi connectivity index (χ0v) is 14.6. The minimum absolute atomic E-state index is 0.0864. The predicted octanol–water partition coefficient (Wildman–Crippen LogP) is 3.71. The van der Waals surface area contributed by atoms with E-state index in [1.54, 1.807) is 17.0 Å². The van der Waals surface area contributed by atoms with Gasteiger partial charge in [-0.3, -0.25) is 9.59 Å². The number of hydrogen-bond acceptors (Lipinski definition) is 2. The average molecular weight is 345 g/mol. The fourth-order valence-corrected chi connectivity index (χ4v) is 2.69. The third-order valence-corrected chi connectivity index (χ3v) is 3.96. The molecule has 0 bridgehead atoms. The van der Waals surface area contributed by atoms with Crippen molar-refractivity contribution in [2.45, 2.75) is 26.8 Å². The van der Waals surface area contributed by atoms with E-state index in [2.05, 4.69) is 5.32 Å². The number of aryl methyl sites for hydroxylation is 1. The average Bonchev–Trinajstić information content (AvgIpc) is 2.55. The lowest BCUT2D eigenvalue weighted by Crippen LogP contribution is -2.34. The molecule has 4 nitrogen and oxygen atoms in total. The second-order valence-electron chi connectivity index (χ2n) is 5.61. The summed E-state index contributed by atoms with van der Waals surface area (Å²) in [5.74, 6) is -0.187. The summed E-state index contributed by atoms with van der Waals surface area (Å²) in [6, 6.07) is 15.1. The summed E-state index contributed by atoms with van der Waals surface area (Å²) in [4.78, 5) is 25.6. The van der Waals surface area contributed by atoms with Crippen LogP contribution >= 0.6 is 11.6 Å². The molecule has 5 heteroatoms. The van der Waals surface area contributed by atoms with Crippen LogP contribution in [-0.2, 0) is 16.1 Å². The van der Waals surface area contributed by atoms with Crippen LogP contribution in [0.25, 0.3) is 0 Å². The van der Waals surface area contributed by atoms with Gasteiger partial charge in [0.2, 0.25) is 11.8 Å². The predicted molar refractivity (Wildman–Crippen MR) is 97.1 cm³/mol. The van der Waals surface area contributed by atoms with Crippen molar-refractivity contribution in [1.29, 1.82) is 0 Å². The highest BCUT2D eigenvalue weighted by atomic mass is 35.5. The van der Waals surface area contributed by atoms with Crippen LogP contribution in [0.1, 0.15) is 24.5 Å². The topological polar surface area (TPSA) is 49.4 Å². The summed E-state index contributed by atoms with van der Waals surface area (Å²) >= 11 is 5.96. The molecule has 0 aromatic heterocycles. The SMILES string of the molecule is CC(=O)N(CCC(=O)NCc1ccccc1)c1ccc(Cl)cc1C. The van der Waals surface area contributed by atoms with Crippen LogP contribution in [-0.4, -0.2) is 18.4 Å². The summed E-state index contributed by atoms with van der Waals surface area (Å²) in [6.45, 7) is 4.21. The molecule has 0 fully saturated rings. The summed E-state index contributed by atoms with van der Waals surface area (Å²) in [5.41, 5.74) is 2.73. The zero-order chi connectivity index (χ0) is 17.5. The minimum atomic E-state index is -0.101. The van der Waals surface area contributed by atoms with E-state index < -0.39 is 0 Å². The van der Waals surface area contributed by atoms with Gasteiger partial charge in [0, 0.05) is 37.1 Å². The van der Waals surface area contributed by atoms with Gasteiger partial charge in [0.05, 0.1) is 0 Å². The molecule has 1 N–H and O–H groups in total. The van der Waals surface area contributed by atoms with Crippen LogP contribution in [0.15, 0.2) is 48.5 Å². The lowest BCUT2D eigenvalue weighted by atomic mass is 10.1. The second kappa shape index (κ2) is 8.50. The number of nitrogens with one attached hydrogen (secondary N) is 1. The summed E-state index contributed by atoms with van der Waals surface area (Å²) < 4.78 is 0. The Balaban J connectivity index is 1.94. The highest BCUT2D eigenvalue weighted by molar-refractivity contribution is 6.30. The number of nitrogens with zero attached hydrogens (tertiary/aromatic N) is 1. The van der Waals surface area contributed by atoms with E-state index in [0.717, 1.165) is 16.8 Å². The monoisotopic (exact) mass is 344 g/mol. The van der Waals surface area contributed by atoms with Crippen molar-refractivity contribution >= 4 is 29.1 Å². The standard InChI is InChI=1S/C19H21ClN2O2/c1-14-12-17(20)8-9-18(14)22(15(2)23)11-10-19(24)21-13-16-6-4-3-5-7-16/h3-9,12H,10-11,13H2,1-2H3,(H,21,24). The minimum Gasteiger partial charge on any atom is -0.352 e. The third-order valence-electron chi connectivity index (χ3n) is 3.72. The summed E-state index contributed by atoms with van der Waals surface area (Å²) in [7, 11) is 0. The Labute approximate surface area is 147 Å². The highest BCUT2D eigenvalue weighted by Gasteiger charge is 2.15. The molecule has 24 heavy (non-hydrogen) atoms. The largest absolute Gasteiger partial charge is 0.352 e. The first-order chi connectivity index (χ1) is 11.5. The van der Waals surface area contributed by atoms with E-state index in [-0.39, 0.29) is 18.2 Å². The van der Waals surface area contributed by atoms with Gasteiger partial charge in [-0.2, -0.15) is 0 Å². The molecule has 2 aromatic rings. The van der Waals surface area contributed by atoms with E-state index in [0.29, 0.717) is 18.1 Å². The number of halogens is 1. The number of amides is 2. The molecule has 0 atom stereocenters. The Morgan fingerprint density at radius 1 is 1.12 bits per heavy atom. The first-order valence-corrected chi connectivity index (χ1v) is 8.20. The first-order valence-electron chi connectivity index (χ1n) is 7.82. The molecule has 0 saturated carbocycles. The number of carbonyl (C=O) groups excluding carboxylic acids is 2. The zero-order valence-electron chi connectivity index (χ0n) is 13.9. The van der Waals surface area contributed by atoms with Gasteiger partial charge in [-0.25, -0.2) is 0 Å². The van der Waals surface area contributed by atoms with Crippen molar-refractivity contribution in [1.82, 2.24) is 5.32 Å². The number of hydrogen-bond donors (Lipinski definition) is 1. The van der Waals surface area contributed by atoms with Gasteiger partial charge in [-0.15, -0.1) is 0 Å². The third kappa shape index (κ3) is 5.10. The molecule has 2 amide bonds. The van der Waals surface area contributed by atoms with Crippen molar-refractivity contribution in [3.05, 3.63) is 64.7 Å². The van der Waals surface area contributed by atoms with E-state index in [4.69, 9.17) is 11.6 Å². The van der Waals surface area contributed by atoms with Gasteiger partial charge in [0.1, 0.15) is 0 Å². The van der Waals surface area contributed by atoms with Crippen LogP contribution < -0.4 is 10.2 Å². The molecule has 0 aliphatic rings. The Morgan fingerprint density at radius 2 is 1.83 bits per heavy atom. The maximum atomic E-state index is 12.0. The van der Waals surface area contributed by atoms with Crippen molar-refractivity contribution < 1.29 is 9.59 Å². The molecule has 2 aromatic carbocycles. The Kier molecular flexibility index (Phi) is 6.38. The molecule has 2 rings (SSSR count). The Hall–Kier alpha value is -2.33. The van der Waals surface area contributed by atoms with E-state index in [1.165, 1.54) is 6.92 Å². The van der Waals surface area contributed by atoms with Crippen LogP contribution in [0.5, 0.6) is 0 Å². The fraction of sp³-hybridized carbons (Fsp3) is 0.263. The Bertz CT molecular complexity index is 717. The van der Waals surface area contributed by atoms with Crippen molar-refractivity contribution in [3.63, 3.8) is 0 Å². The van der Waals surface area contributed by atoms with E-state index in [9.17, 15) is 9.59 Å². The molecule has 0 unspecified atom stereocenters. The number of rotatable bonds is 6. The van der Waals surface area contributed by atoms with Crippen LogP contribution in [0.3, 0.4) is 0 Å². The van der Waals surface area contributed by atoms with Gasteiger partial charge in [0.15, 0.2) is 0 Å². The van der Waals surface area contributed by atoms with Gasteiger partial charge >= 0.3 is 0 Å². The number of benzene rings is 2. The molecule has 0 aliphatic carbocycles. The van der Waals surface area contributed by atoms with Crippen molar-refractivity contribution in [2.24, 2.45) is 0 Å². The highest BCUT2D eigenvalue weighted by Crippen LogP contribution is 2.24. The van der Waals surface area contributed by atoms with E-state index in [1.807, 2.05) is 43.3 Å². The Morgan fingerprint density at radius 3 is 2.46 bits per heavy atom. The summed E-state index contributed by atoms with van der Waals surface area (Å²) in [6.07, 6.45) is 0.245. The lowest BCUT2D eigenvalue weighted by molar-refractivity contribution is -0.121. The smallest absolute Gasteiger partial charge is 0.223 e. The first kappa shape index (κ1) is 18.0.